The molecule has 0 amide bonds. The summed E-state index contributed by atoms with van der Waals surface area (Å²) in [4.78, 5) is 5.04. The number of para-hydroxylation sites is 1. The average molecular weight is 553 g/mol. The third-order valence-electron chi connectivity index (χ3n) is 9.23. The zero-order valence-corrected chi connectivity index (χ0v) is 24.0. The van der Waals surface area contributed by atoms with E-state index in [1.807, 2.05) is 12.1 Å². The van der Waals surface area contributed by atoms with Crippen molar-refractivity contribution in [3.05, 3.63) is 145 Å². The van der Waals surface area contributed by atoms with E-state index in [4.69, 9.17) is 9.40 Å². The van der Waals surface area contributed by atoms with Gasteiger partial charge in [0.15, 0.2) is 0 Å². The molecule has 1 aliphatic carbocycles. The summed E-state index contributed by atoms with van der Waals surface area (Å²) in [5, 5.41) is 2.30. The number of hydrogen-bond acceptors (Lipinski definition) is 2. The Hall–Kier alpha value is -5.41. The van der Waals surface area contributed by atoms with Gasteiger partial charge in [-0.25, -0.2) is 4.98 Å². The second-order valence-corrected chi connectivity index (χ2v) is 12.0. The second-order valence-electron chi connectivity index (χ2n) is 12.0. The summed E-state index contributed by atoms with van der Waals surface area (Å²) >= 11 is 0. The summed E-state index contributed by atoms with van der Waals surface area (Å²) in [7, 11) is 0. The Labute approximate surface area is 249 Å². The zero-order valence-electron chi connectivity index (χ0n) is 24.0. The maximum atomic E-state index is 6.73. The highest BCUT2D eigenvalue weighted by atomic mass is 16.3. The molecule has 0 radical (unpaired) electrons. The van der Waals surface area contributed by atoms with Crippen LogP contribution in [-0.2, 0) is 5.41 Å². The number of pyridine rings is 1. The van der Waals surface area contributed by atoms with E-state index in [2.05, 4.69) is 140 Å². The zero-order chi connectivity index (χ0) is 28.7. The van der Waals surface area contributed by atoms with Crippen LogP contribution in [0.1, 0.15) is 25.0 Å². The molecule has 0 bridgehead atoms. The van der Waals surface area contributed by atoms with Crippen molar-refractivity contribution in [2.75, 3.05) is 0 Å². The van der Waals surface area contributed by atoms with Crippen molar-refractivity contribution in [2.24, 2.45) is 0 Å². The molecular formula is C40H28N2O. The van der Waals surface area contributed by atoms with Gasteiger partial charge < -0.3 is 4.42 Å². The fourth-order valence-corrected chi connectivity index (χ4v) is 7.12. The first kappa shape index (κ1) is 24.2. The first-order valence-electron chi connectivity index (χ1n) is 14.8. The molecule has 43 heavy (non-hydrogen) atoms. The lowest BCUT2D eigenvalue weighted by Crippen LogP contribution is -2.14. The van der Waals surface area contributed by atoms with Gasteiger partial charge in [0.25, 0.3) is 0 Å². The Morgan fingerprint density at radius 2 is 1.33 bits per heavy atom. The van der Waals surface area contributed by atoms with Crippen LogP contribution in [0, 0.1) is 0 Å². The Kier molecular flexibility index (Phi) is 4.95. The highest BCUT2D eigenvalue weighted by molar-refractivity contribution is 6.11. The van der Waals surface area contributed by atoms with E-state index >= 15 is 0 Å². The molecule has 0 fully saturated rings. The van der Waals surface area contributed by atoms with E-state index < -0.39 is 0 Å². The molecule has 3 heteroatoms. The Bertz CT molecular complexity index is 2370. The van der Waals surface area contributed by atoms with Crippen LogP contribution in [0.2, 0.25) is 0 Å². The third-order valence-corrected chi connectivity index (χ3v) is 9.23. The summed E-state index contributed by atoms with van der Waals surface area (Å²) in [6, 6.07) is 45.2. The van der Waals surface area contributed by atoms with Crippen molar-refractivity contribution >= 4 is 27.6 Å². The molecule has 1 aliphatic rings. The number of fused-ring (bicyclic) bond motifs is 7. The molecule has 204 valence electrons. The van der Waals surface area contributed by atoms with Gasteiger partial charge in [0, 0.05) is 39.1 Å². The number of nitrogens with zero attached hydrogens (tertiary/aromatic N) is 2. The number of benzene rings is 5. The van der Waals surface area contributed by atoms with E-state index in [9.17, 15) is 0 Å². The predicted molar refractivity (Wildman–Crippen MR) is 176 cm³/mol. The van der Waals surface area contributed by atoms with Gasteiger partial charge in [-0.3, -0.25) is 4.40 Å². The number of hydrogen-bond donors (Lipinski definition) is 0. The summed E-state index contributed by atoms with van der Waals surface area (Å²) in [6.45, 7) is 4.62. The molecule has 3 nitrogen and oxygen atoms in total. The lowest BCUT2D eigenvalue weighted by Gasteiger charge is -2.21. The van der Waals surface area contributed by atoms with Crippen molar-refractivity contribution in [2.45, 2.75) is 19.3 Å². The van der Waals surface area contributed by atoms with E-state index in [1.54, 1.807) is 0 Å². The van der Waals surface area contributed by atoms with Gasteiger partial charge in [0.2, 0.25) is 0 Å². The van der Waals surface area contributed by atoms with E-state index in [0.29, 0.717) is 0 Å². The fourth-order valence-electron chi connectivity index (χ4n) is 7.12. The van der Waals surface area contributed by atoms with Crippen molar-refractivity contribution in [3.63, 3.8) is 0 Å². The summed E-state index contributed by atoms with van der Waals surface area (Å²) in [5.41, 5.74) is 14.5. The van der Waals surface area contributed by atoms with Crippen molar-refractivity contribution in [1.29, 1.82) is 0 Å². The molecule has 9 rings (SSSR count). The van der Waals surface area contributed by atoms with Crippen LogP contribution in [0.25, 0.3) is 72.4 Å². The smallest absolute Gasteiger partial charge is 0.143 e. The minimum absolute atomic E-state index is 0.0687. The van der Waals surface area contributed by atoms with Crippen LogP contribution in [-0.4, -0.2) is 9.38 Å². The third kappa shape index (κ3) is 3.45. The number of rotatable bonds is 3. The maximum absolute atomic E-state index is 6.73. The molecule has 3 heterocycles. The molecule has 0 aliphatic heterocycles. The highest BCUT2D eigenvalue weighted by Gasteiger charge is 2.36. The van der Waals surface area contributed by atoms with Crippen LogP contribution >= 0.6 is 0 Å². The average Bonchev–Trinajstić information content (AvgIpc) is 3.69. The Morgan fingerprint density at radius 1 is 0.581 bits per heavy atom. The second kappa shape index (κ2) is 8.80. The predicted octanol–water partition coefficient (Wildman–Crippen LogP) is 10.5. The maximum Gasteiger partial charge on any atom is 0.143 e. The van der Waals surface area contributed by atoms with Gasteiger partial charge in [0.05, 0.1) is 11.4 Å². The van der Waals surface area contributed by atoms with Gasteiger partial charge in [-0.15, -0.1) is 0 Å². The molecule has 0 spiro atoms. The van der Waals surface area contributed by atoms with Crippen LogP contribution in [0.15, 0.2) is 138 Å². The van der Waals surface area contributed by atoms with Crippen molar-refractivity contribution in [1.82, 2.24) is 9.38 Å². The Balaban J connectivity index is 1.24. The van der Waals surface area contributed by atoms with E-state index in [-0.39, 0.29) is 5.41 Å². The van der Waals surface area contributed by atoms with Gasteiger partial charge in [-0.1, -0.05) is 111 Å². The monoisotopic (exact) mass is 552 g/mol. The number of aromatic nitrogens is 2. The van der Waals surface area contributed by atoms with Crippen LogP contribution in [0.5, 0.6) is 0 Å². The Morgan fingerprint density at radius 3 is 2.23 bits per heavy atom. The molecule has 0 unspecified atom stereocenters. The lowest BCUT2D eigenvalue weighted by molar-refractivity contribution is 0.648. The molecule has 3 aromatic heterocycles. The van der Waals surface area contributed by atoms with Gasteiger partial charge >= 0.3 is 0 Å². The van der Waals surface area contributed by atoms with Gasteiger partial charge in [-0.2, -0.15) is 0 Å². The fraction of sp³-hybridized carbons (Fsp3) is 0.0750. The van der Waals surface area contributed by atoms with Crippen molar-refractivity contribution < 1.29 is 4.42 Å². The van der Waals surface area contributed by atoms with E-state index in [1.165, 1.54) is 22.3 Å². The summed E-state index contributed by atoms with van der Waals surface area (Å²) in [6.07, 6.45) is 2.09. The lowest BCUT2D eigenvalue weighted by atomic mass is 9.82. The molecule has 8 aromatic rings. The first-order valence-corrected chi connectivity index (χ1v) is 14.8. The van der Waals surface area contributed by atoms with Crippen LogP contribution in [0.4, 0.5) is 0 Å². The minimum Gasteiger partial charge on any atom is -0.455 e. The standard InChI is InChI=1S/C40H28N2O/c1-40(2)33-19-7-6-16-29(33)31-23-32-30-18-11-17-28(39(30)43-35(32)24-34(31)40)26-14-10-15-27(22-26)38-37(25-12-4-3-5-13-25)41-36-20-8-9-21-42(36)38/h3-24H,1-2H3. The molecule has 0 N–H and O–H groups in total. The van der Waals surface area contributed by atoms with Crippen LogP contribution in [0.3, 0.4) is 0 Å². The highest BCUT2D eigenvalue weighted by Crippen LogP contribution is 2.51. The van der Waals surface area contributed by atoms with Crippen LogP contribution < -0.4 is 0 Å². The number of imidazole rings is 1. The molecular weight excluding hydrogens is 524 g/mol. The van der Waals surface area contributed by atoms with Gasteiger partial charge in [0.1, 0.15) is 16.8 Å². The summed E-state index contributed by atoms with van der Waals surface area (Å²) < 4.78 is 8.92. The number of furan rings is 1. The molecule has 0 saturated heterocycles. The molecule has 0 atom stereocenters. The topological polar surface area (TPSA) is 30.4 Å². The SMILES string of the molecule is CC1(C)c2ccccc2-c2cc3c(cc21)oc1c(-c2cccc(-c4c(-c5ccccc5)nc5ccccn45)c2)cccc13. The first-order chi connectivity index (χ1) is 21.1. The molecule has 5 aromatic carbocycles. The summed E-state index contributed by atoms with van der Waals surface area (Å²) in [5.74, 6) is 0. The molecule has 0 saturated carbocycles. The van der Waals surface area contributed by atoms with E-state index in [0.717, 1.165) is 61.2 Å². The largest absolute Gasteiger partial charge is 0.455 e. The normalized spacial score (nSPS) is 13.5. The quantitative estimate of drug-likeness (QED) is 0.218. The van der Waals surface area contributed by atoms with Crippen molar-refractivity contribution in [3.8, 4) is 44.8 Å². The minimum atomic E-state index is -0.0687. The van der Waals surface area contributed by atoms with Gasteiger partial charge in [-0.05, 0) is 58.1 Å².